The quantitative estimate of drug-likeness (QED) is 0.626. The molecule has 2 heterocycles. The number of alkyl carbamates (subject to hydrolysis) is 1. The summed E-state index contributed by atoms with van der Waals surface area (Å²) in [5, 5.41) is 3.50. The van der Waals surface area contributed by atoms with Crippen LogP contribution in [0.25, 0.3) is 11.0 Å². The summed E-state index contributed by atoms with van der Waals surface area (Å²) in [5.41, 5.74) is 2.45. The number of amides is 1. The number of nitrogens with zero attached hydrogens (tertiary/aromatic N) is 1. The van der Waals surface area contributed by atoms with Crippen molar-refractivity contribution in [3.05, 3.63) is 66.0 Å². The van der Waals surface area contributed by atoms with Gasteiger partial charge < -0.3 is 19.8 Å². The van der Waals surface area contributed by atoms with Crippen molar-refractivity contribution in [1.29, 1.82) is 0 Å². The molecular weight excluding hydrogens is 346 g/mol. The molecule has 0 bridgehead atoms. The first-order valence-electron chi connectivity index (χ1n) is 8.72. The predicted molar refractivity (Wildman–Crippen MR) is 100.0 cm³/mol. The van der Waals surface area contributed by atoms with E-state index in [1.807, 2.05) is 42.5 Å². The number of fused-ring (bicyclic) bond motifs is 1. The number of nitrogens with one attached hydrogen (secondary N) is 2. The fourth-order valence-corrected chi connectivity index (χ4v) is 2.74. The van der Waals surface area contributed by atoms with Crippen LogP contribution in [-0.4, -0.2) is 34.7 Å². The van der Waals surface area contributed by atoms with E-state index >= 15 is 0 Å². The first-order valence-corrected chi connectivity index (χ1v) is 8.72. The largest absolute Gasteiger partial charge is 0.464 e. The molecule has 3 rings (SSSR count). The van der Waals surface area contributed by atoms with Crippen LogP contribution < -0.4 is 5.32 Å². The minimum Gasteiger partial charge on any atom is -0.464 e. The molecule has 7 heteroatoms. The number of ether oxygens (including phenoxy) is 2. The van der Waals surface area contributed by atoms with Crippen molar-refractivity contribution in [1.82, 2.24) is 15.3 Å². The minimum atomic E-state index is -0.854. The van der Waals surface area contributed by atoms with Gasteiger partial charge in [-0.3, -0.25) is 0 Å². The van der Waals surface area contributed by atoms with Gasteiger partial charge in [-0.1, -0.05) is 30.3 Å². The number of carbonyl (C=O) groups excluding carboxylic acids is 2. The van der Waals surface area contributed by atoms with Crippen LogP contribution in [0.3, 0.4) is 0 Å². The molecule has 0 aliphatic carbocycles. The van der Waals surface area contributed by atoms with Crippen LogP contribution in [0.2, 0.25) is 0 Å². The molecule has 0 spiro atoms. The molecule has 2 N–H and O–H groups in total. The molecule has 0 fully saturated rings. The van der Waals surface area contributed by atoms with Crippen LogP contribution in [0.15, 0.2) is 54.9 Å². The van der Waals surface area contributed by atoms with Gasteiger partial charge in [0.25, 0.3) is 0 Å². The second kappa shape index (κ2) is 8.84. The van der Waals surface area contributed by atoms with Crippen molar-refractivity contribution in [3.63, 3.8) is 0 Å². The van der Waals surface area contributed by atoms with Crippen LogP contribution in [0.5, 0.6) is 0 Å². The van der Waals surface area contributed by atoms with Gasteiger partial charge in [-0.25, -0.2) is 14.6 Å². The number of pyridine rings is 1. The third-order valence-corrected chi connectivity index (χ3v) is 4.04. The van der Waals surface area contributed by atoms with E-state index in [9.17, 15) is 9.59 Å². The van der Waals surface area contributed by atoms with Crippen LogP contribution in [0, 0.1) is 0 Å². The van der Waals surface area contributed by atoms with Gasteiger partial charge >= 0.3 is 12.1 Å². The highest BCUT2D eigenvalue weighted by Crippen LogP contribution is 2.17. The van der Waals surface area contributed by atoms with E-state index in [2.05, 4.69) is 15.3 Å². The summed E-state index contributed by atoms with van der Waals surface area (Å²) < 4.78 is 10.3. The number of benzene rings is 1. The minimum absolute atomic E-state index is 0.124. The van der Waals surface area contributed by atoms with E-state index in [0.717, 1.165) is 22.2 Å². The maximum absolute atomic E-state index is 12.3. The fraction of sp³-hybridized carbons (Fsp3) is 0.250. The Bertz CT molecular complexity index is 908. The highest BCUT2D eigenvalue weighted by Gasteiger charge is 2.24. The maximum Gasteiger partial charge on any atom is 0.408 e. The van der Waals surface area contributed by atoms with E-state index in [1.54, 1.807) is 19.3 Å². The normalized spacial score (nSPS) is 11.7. The summed E-state index contributed by atoms with van der Waals surface area (Å²) in [4.78, 5) is 31.8. The zero-order valence-corrected chi connectivity index (χ0v) is 15.0. The Hall–Kier alpha value is -3.35. The summed E-state index contributed by atoms with van der Waals surface area (Å²) in [5.74, 6) is -0.507. The van der Waals surface area contributed by atoms with Crippen molar-refractivity contribution in [2.45, 2.75) is 26.0 Å². The second-order valence-electron chi connectivity index (χ2n) is 5.93. The molecule has 0 unspecified atom stereocenters. The molecule has 3 aromatic rings. The van der Waals surface area contributed by atoms with Gasteiger partial charge in [-0.2, -0.15) is 0 Å². The molecule has 1 amide bonds. The topological polar surface area (TPSA) is 93.3 Å². The summed E-state index contributed by atoms with van der Waals surface area (Å²) in [6.07, 6.45) is 3.06. The van der Waals surface area contributed by atoms with Crippen molar-refractivity contribution in [3.8, 4) is 0 Å². The van der Waals surface area contributed by atoms with Crippen molar-refractivity contribution in [2.75, 3.05) is 6.61 Å². The first kappa shape index (κ1) is 18.4. The van der Waals surface area contributed by atoms with E-state index in [0.29, 0.717) is 0 Å². The number of carbonyl (C=O) groups is 2. The highest BCUT2D eigenvalue weighted by molar-refractivity contribution is 5.84. The first-order chi connectivity index (χ1) is 13.2. The molecule has 0 radical (unpaired) electrons. The van der Waals surface area contributed by atoms with E-state index in [1.165, 1.54) is 0 Å². The number of hydrogen-bond acceptors (Lipinski definition) is 5. The molecule has 1 atom stereocenters. The lowest BCUT2D eigenvalue weighted by Gasteiger charge is -2.17. The maximum atomic E-state index is 12.3. The predicted octanol–water partition coefficient (Wildman–Crippen LogP) is 2.96. The van der Waals surface area contributed by atoms with Gasteiger partial charge in [-0.05, 0) is 30.2 Å². The Morgan fingerprint density at radius 1 is 1.15 bits per heavy atom. The Balaban J connectivity index is 1.67. The molecule has 2 aromatic heterocycles. The van der Waals surface area contributed by atoms with Gasteiger partial charge in [-0.15, -0.1) is 0 Å². The number of esters is 1. The molecule has 140 valence electrons. The Kier molecular flexibility index (Phi) is 6.04. The lowest BCUT2D eigenvalue weighted by atomic mass is 10.1. The van der Waals surface area contributed by atoms with Gasteiger partial charge in [0.1, 0.15) is 18.3 Å². The van der Waals surface area contributed by atoms with Gasteiger partial charge in [0, 0.05) is 24.2 Å². The average Bonchev–Trinajstić information content (AvgIpc) is 3.10. The number of hydrogen-bond donors (Lipinski definition) is 2. The molecular formula is C20H21N3O4. The molecule has 0 aliphatic rings. The van der Waals surface area contributed by atoms with E-state index in [4.69, 9.17) is 9.47 Å². The molecule has 27 heavy (non-hydrogen) atoms. The zero-order valence-electron chi connectivity index (χ0n) is 15.0. The molecule has 0 aliphatic heterocycles. The summed E-state index contributed by atoms with van der Waals surface area (Å²) >= 11 is 0. The van der Waals surface area contributed by atoms with Gasteiger partial charge in [0.2, 0.25) is 0 Å². The van der Waals surface area contributed by atoms with Crippen LogP contribution in [-0.2, 0) is 27.3 Å². The third kappa shape index (κ3) is 4.84. The molecule has 0 saturated carbocycles. The lowest BCUT2D eigenvalue weighted by molar-refractivity contribution is -0.145. The number of H-pyrrole nitrogens is 1. The Morgan fingerprint density at radius 3 is 2.74 bits per heavy atom. The van der Waals surface area contributed by atoms with Gasteiger partial charge in [0.15, 0.2) is 0 Å². The van der Waals surface area contributed by atoms with Gasteiger partial charge in [0.05, 0.1) is 6.61 Å². The third-order valence-electron chi connectivity index (χ3n) is 4.04. The van der Waals surface area contributed by atoms with Crippen LogP contribution in [0.4, 0.5) is 4.79 Å². The van der Waals surface area contributed by atoms with Crippen LogP contribution in [0.1, 0.15) is 18.1 Å². The van der Waals surface area contributed by atoms with Crippen molar-refractivity contribution < 1.29 is 19.1 Å². The monoisotopic (exact) mass is 367 g/mol. The standard InChI is InChI=1S/C20H21N3O4/c1-2-26-19(24)17(11-15-12-22-18-16(15)9-6-10-21-18)23-20(25)27-13-14-7-4-3-5-8-14/h3-10,12,17H,2,11,13H2,1H3,(H,21,22)(H,23,25)/t17-/m0/s1. The number of aromatic amines is 1. The van der Waals surface area contributed by atoms with E-state index in [-0.39, 0.29) is 19.6 Å². The number of aromatic nitrogens is 2. The lowest BCUT2D eigenvalue weighted by Crippen LogP contribution is -2.43. The Labute approximate surface area is 156 Å². The summed E-state index contributed by atoms with van der Waals surface area (Å²) in [6.45, 7) is 2.07. The Morgan fingerprint density at radius 2 is 1.96 bits per heavy atom. The summed E-state index contributed by atoms with van der Waals surface area (Å²) in [7, 11) is 0. The average molecular weight is 367 g/mol. The van der Waals surface area contributed by atoms with E-state index < -0.39 is 18.1 Å². The van der Waals surface area contributed by atoms with Crippen molar-refractivity contribution in [2.24, 2.45) is 0 Å². The number of rotatable bonds is 7. The molecule has 1 aromatic carbocycles. The fourth-order valence-electron chi connectivity index (χ4n) is 2.74. The summed E-state index contributed by atoms with van der Waals surface area (Å²) in [6, 6.07) is 12.2. The SMILES string of the molecule is CCOC(=O)[C@H](Cc1c[nH]c2ncccc12)NC(=O)OCc1ccccc1. The second-order valence-corrected chi connectivity index (χ2v) is 5.93. The highest BCUT2D eigenvalue weighted by atomic mass is 16.6. The molecule has 0 saturated heterocycles. The smallest absolute Gasteiger partial charge is 0.408 e. The zero-order chi connectivity index (χ0) is 19.1. The van der Waals surface area contributed by atoms with Crippen LogP contribution >= 0.6 is 0 Å². The van der Waals surface area contributed by atoms with Crippen molar-refractivity contribution >= 4 is 23.1 Å². The molecule has 7 nitrogen and oxygen atoms in total.